The average Bonchev–Trinajstić information content (AvgIpc) is 2.69. The summed E-state index contributed by atoms with van der Waals surface area (Å²) >= 11 is 5.30. The van der Waals surface area contributed by atoms with Gasteiger partial charge in [0.15, 0.2) is 5.11 Å². The lowest BCUT2D eigenvalue weighted by Crippen LogP contribution is -2.27. The molecule has 0 saturated carbocycles. The maximum atomic E-state index is 5.30. The van der Waals surface area contributed by atoms with Crippen molar-refractivity contribution < 1.29 is 0 Å². The van der Waals surface area contributed by atoms with Gasteiger partial charge < -0.3 is 10.2 Å². The summed E-state index contributed by atoms with van der Waals surface area (Å²) in [6, 6.07) is 10.2. The van der Waals surface area contributed by atoms with Crippen molar-refractivity contribution in [2.24, 2.45) is 0 Å². The van der Waals surface area contributed by atoms with Crippen LogP contribution in [0.5, 0.6) is 0 Å². The zero-order chi connectivity index (χ0) is 11.4. The molecule has 0 aliphatic carbocycles. The number of para-hydroxylation sites is 1. The van der Waals surface area contributed by atoms with Crippen LogP contribution in [-0.2, 0) is 0 Å². The molecule has 1 saturated heterocycles. The maximum absolute atomic E-state index is 5.30. The van der Waals surface area contributed by atoms with Crippen LogP contribution in [0.3, 0.4) is 0 Å². The Morgan fingerprint density at radius 3 is 2.75 bits per heavy atom. The molecule has 1 N–H and O–H groups in total. The lowest BCUT2D eigenvalue weighted by molar-refractivity contribution is 1.12. The molecule has 16 heavy (non-hydrogen) atoms. The van der Waals surface area contributed by atoms with Crippen LogP contribution in [0.4, 0.5) is 5.69 Å². The highest BCUT2D eigenvalue weighted by molar-refractivity contribution is 7.80. The quantitative estimate of drug-likeness (QED) is 0.786. The zero-order valence-electron chi connectivity index (χ0n) is 9.18. The molecular formula is C13H14N2S. The van der Waals surface area contributed by atoms with E-state index in [4.69, 9.17) is 12.2 Å². The van der Waals surface area contributed by atoms with E-state index >= 15 is 0 Å². The van der Waals surface area contributed by atoms with E-state index in [0.717, 1.165) is 23.0 Å². The van der Waals surface area contributed by atoms with Crippen molar-refractivity contribution in [3.63, 3.8) is 0 Å². The summed E-state index contributed by atoms with van der Waals surface area (Å²) in [5, 5.41) is 3.97. The van der Waals surface area contributed by atoms with E-state index < -0.39 is 0 Å². The fraction of sp³-hybridized carbons (Fsp3) is 0.154. The summed E-state index contributed by atoms with van der Waals surface area (Å²) < 4.78 is 0. The van der Waals surface area contributed by atoms with Gasteiger partial charge in [-0.05, 0) is 37.4 Å². The first-order chi connectivity index (χ1) is 7.81. The van der Waals surface area contributed by atoms with E-state index in [0.29, 0.717) is 0 Å². The lowest BCUT2D eigenvalue weighted by atomic mass is 10.3. The van der Waals surface area contributed by atoms with Gasteiger partial charge in [-0.15, -0.1) is 0 Å². The van der Waals surface area contributed by atoms with Crippen molar-refractivity contribution in [3.05, 3.63) is 54.3 Å². The molecule has 2 rings (SSSR count). The van der Waals surface area contributed by atoms with Gasteiger partial charge in [-0.3, -0.25) is 0 Å². The summed E-state index contributed by atoms with van der Waals surface area (Å²) in [7, 11) is 0. The van der Waals surface area contributed by atoms with Crippen molar-refractivity contribution in [3.8, 4) is 0 Å². The lowest BCUT2D eigenvalue weighted by Gasteiger charge is -2.15. The van der Waals surface area contributed by atoms with E-state index in [9.17, 15) is 0 Å². The summed E-state index contributed by atoms with van der Waals surface area (Å²) in [5.74, 6) is 0. The normalized spacial score (nSPS) is 18.4. The second-order valence-corrected chi connectivity index (χ2v) is 3.96. The Morgan fingerprint density at radius 1 is 1.31 bits per heavy atom. The van der Waals surface area contributed by atoms with Crippen LogP contribution in [0.1, 0.15) is 6.92 Å². The number of nitrogens with one attached hydrogen (secondary N) is 1. The predicted molar refractivity (Wildman–Crippen MR) is 72.4 cm³/mol. The molecule has 0 radical (unpaired) electrons. The van der Waals surface area contributed by atoms with Crippen molar-refractivity contribution in [1.82, 2.24) is 5.32 Å². The monoisotopic (exact) mass is 230 g/mol. The van der Waals surface area contributed by atoms with Crippen molar-refractivity contribution in [2.45, 2.75) is 6.92 Å². The second kappa shape index (κ2) is 4.94. The molecule has 2 nitrogen and oxygen atoms in total. The fourth-order valence-electron chi connectivity index (χ4n) is 1.61. The molecular weight excluding hydrogens is 216 g/mol. The molecule has 0 bridgehead atoms. The van der Waals surface area contributed by atoms with Gasteiger partial charge in [0.25, 0.3) is 0 Å². The van der Waals surface area contributed by atoms with Gasteiger partial charge in [-0.25, -0.2) is 0 Å². The molecule has 1 aliphatic heterocycles. The Kier molecular flexibility index (Phi) is 3.37. The molecule has 1 fully saturated rings. The van der Waals surface area contributed by atoms with E-state index in [1.165, 1.54) is 0 Å². The summed E-state index contributed by atoms with van der Waals surface area (Å²) in [6.45, 7) is 2.81. The molecule has 1 aliphatic rings. The predicted octanol–water partition coefficient (Wildman–Crippen LogP) is 2.84. The van der Waals surface area contributed by atoms with E-state index in [1.54, 1.807) is 0 Å². The van der Waals surface area contributed by atoms with Gasteiger partial charge in [-0.2, -0.15) is 0 Å². The Morgan fingerprint density at radius 2 is 2.06 bits per heavy atom. The minimum Gasteiger partial charge on any atom is -0.334 e. The highest BCUT2D eigenvalue weighted by Crippen LogP contribution is 2.18. The number of nitrogens with zero attached hydrogens (tertiary/aromatic N) is 1. The third-order valence-corrected chi connectivity index (χ3v) is 2.72. The standard InChI is InChI=1S/C13H14N2S/c1-2-3-7-11-10-15(13(16)14-11)12-8-5-4-6-9-12/h2-9H,10H2,1H3,(H,14,16)/b3-2-,11-7+. The summed E-state index contributed by atoms with van der Waals surface area (Å²) in [5.41, 5.74) is 2.26. The Bertz CT molecular complexity index is 435. The van der Waals surface area contributed by atoms with Gasteiger partial charge in [0.2, 0.25) is 0 Å². The van der Waals surface area contributed by atoms with Crippen LogP contribution in [0.15, 0.2) is 54.3 Å². The largest absolute Gasteiger partial charge is 0.334 e. The molecule has 0 aromatic heterocycles. The van der Waals surface area contributed by atoms with Crippen molar-refractivity contribution in [1.29, 1.82) is 0 Å². The molecule has 0 spiro atoms. The van der Waals surface area contributed by atoms with Crippen LogP contribution >= 0.6 is 12.2 Å². The Hall–Kier alpha value is -1.61. The summed E-state index contributed by atoms with van der Waals surface area (Å²) in [6.07, 6.45) is 6.07. The molecule has 0 unspecified atom stereocenters. The Balaban J connectivity index is 2.17. The highest BCUT2D eigenvalue weighted by Gasteiger charge is 2.20. The first-order valence-corrected chi connectivity index (χ1v) is 5.67. The van der Waals surface area contributed by atoms with Crippen molar-refractivity contribution in [2.75, 3.05) is 11.4 Å². The molecule has 0 amide bonds. The zero-order valence-corrected chi connectivity index (χ0v) is 10.00. The maximum Gasteiger partial charge on any atom is 0.178 e. The number of thiocarbonyl (C=S) groups is 1. The molecule has 3 heteroatoms. The third kappa shape index (κ3) is 2.31. The van der Waals surface area contributed by atoms with Crippen LogP contribution in [0.2, 0.25) is 0 Å². The number of benzene rings is 1. The third-order valence-electron chi connectivity index (χ3n) is 2.40. The van der Waals surface area contributed by atoms with Crippen molar-refractivity contribution >= 4 is 23.0 Å². The first-order valence-electron chi connectivity index (χ1n) is 5.26. The number of hydrogen-bond acceptors (Lipinski definition) is 1. The van der Waals surface area contributed by atoms with Crippen LogP contribution in [0.25, 0.3) is 0 Å². The van der Waals surface area contributed by atoms with Gasteiger partial charge in [-0.1, -0.05) is 30.4 Å². The SMILES string of the molecule is C/C=C\C=C1/CN(c2ccccc2)C(=S)N1. The number of anilines is 1. The Labute approximate surface area is 101 Å². The highest BCUT2D eigenvalue weighted by atomic mass is 32.1. The first kappa shape index (κ1) is 10.9. The van der Waals surface area contributed by atoms with Gasteiger partial charge in [0, 0.05) is 11.4 Å². The van der Waals surface area contributed by atoms with Crippen LogP contribution in [-0.4, -0.2) is 11.7 Å². The molecule has 1 heterocycles. The fourth-order valence-corrected chi connectivity index (χ4v) is 1.91. The number of allylic oxidation sites excluding steroid dienone is 3. The van der Waals surface area contributed by atoms with Gasteiger partial charge in [0.05, 0.1) is 6.54 Å². The topological polar surface area (TPSA) is 15.3 Å². The smallest absolute Gasteiger partial charge is 0.178 e. The second-order valence-electron chi connectivity index (χ2n) is 3.57. The molecule has 1 aromatic rings. The van der Waals surface area contributed by atoms with Crippen LogP contribution < -0.4 is 10.2 Å². The van der Waals surface area contributed by atoms with Crippen LogP contribution in [0, 0.1) is 0 Å². The van der Waals surface area contributed by atoms with E-state index in [1.807, 2.05) is 37.3 Å². The number of rotatable bonds is 2. The number of hydrogen-bond donors (Lipinski definition) is 1. The van der Waals surface area contributed by atoms with Gasteiger partial charge >= 0.3 is 0 Å². The summed E-state index contributed by atoms with van der Waals surface area (Å²) in [4.78, 5) is 2.09. The molecule has 1 aromatic carbocycles. The molecule has 0 atom stereocenters. The van der Waals surface area contributed by atoms with Gasteiger partial charge in [0.1, 0.15) is 0 Å². The molecule has 82 valence electrons. The average molecular weight is 230 g/mol. The minimum absolute atomic E-state index is 0.766. The minimum atomic E-state index is 0.766. The van der Waals surface area contributed by atoms with E-state index in [-0.39, 0.29) is 0 Å². The van der Waals surface area contributed by atoms with E-state index in [2.05, 4.69) is 28.4 Å².